The highest BCUT2D eigenvalue weighted by Crippen LogP contribution is 2.22. The van der Waals surface area contributed by atoms with E-state index < -0.39 is 0 Å². The van der Waals surface area contributed by atoms with Crippen molar-refractivity contribution in [1.82, 2.24) is 10.3 Å². The maximum absolute atomic E-state index is 11.8. The lowest BCUT2D eigenvalue weighted by Crippen LogP contribution is -2.18. The molecule has 0 saturated carbocycles. The quantitative estimate of drug-likeness (QED) is 0.865. The van der Waals surface area contributed by atoms with Crippen LogP contribution in [0.3, 0.4) is 0 Å². The fraction of sp³-hybridized carbons (Fsp3) is 0.667. The van der Waals surface area contributed by atoms with E-state index in [0.717, 1.165) is 30.3 Å². The van der Waals surface area contributed by atoms with Crippen LogP contribution >= 0.6 is 11.3 Å². The van der Waals surface area contributed by atoms with E-state index >= 15 is 0 Å². The van der Waals surface area contributed by atoms with Gasteiger partial charge in [0.25, 0.3) is 0 Å². The van der Waals surface area contributed by atoms with E-state index in [1.54, 1.807) is 0 Å². The number of aromatic nitrogens is 1. The molecule has 0 bridgehead atoms. The van der Waals surface area contributed by atoms with E-state index in [1.807, 2.05) is 5.38 Å². The first-order valence-corrected chi connectivity index (χ1v) is 6.99. The summed E-state index contributed by atoms with van der Waals surface area (Å²) in [5, 5.41) is 8.89. The van der Waals surface area contributed by atoms with Crippen LogP contribution in [0.25, 0.3) is 0 Å². The molecule has 1 saturated heterocycles. The Labute approximate surface area is 106 Å². The Balaban J connectivity index is 1.84. The third-order valence-corrected chi connectivity index (χ3v) is 3.77. The van der Waals surface area contributed by atoms with Crippen molar-refractivity contribution in [2.75, 3.05) is 18.4 Å². The fourth-order valence-electron chi connectivity index (χ4n) is 1.93. The van der Waals surface area contributed by atoms with Crippen LogP contribution in [-0.2, 0) is 4.79 Å². The topological polar surface area (TPSA) is 54.0 Å². The summed E-state index contributed by atoms with van der Waals surface area (Å²) in [4.78, 5) is 16.2. The van der Waals surface area contributed by atoms with E-state index in [4.69, 9.17) is 0 Å². The SMILES string of the molecule is CC(C)c1csc(NC(=O)CC2CCNC2)n1. The molecule has 2 heterocycles. The summed E-state index contributed by atoms with van der Waals surface area (Å²) in [6.45, 7) is 6.20. The Morgan fingerprint density at radius 3 is 3.12 bits per heavy atom. The van der Waals surface area contributed by atoms with Crippen LogP contribution in [0.1, 0.15) is 38.3 Å². The van der Waals surface area contributed by atoms with Gasteiger partial charge in [0.1, 0.15) is 0 Å². The summed E-state index contributed by atoms with van der Waals surface area (Å²) in [5.41, 5.74) is 1.05. The number of amides is 1. The number of thiazole rings is 1. The summed E-state index contributed by atoms with van der Waals surface area (Å²) in [6, 6.07) is 0. The standard InChI is InChI=1S/C12H19N3OS/c1-8(2)10-7-17-12(14-10)15-11(16)5-9-3-4-13-6-9/h7-9,13H,3-6H2,1-2H3,(H,14,15,16). The van der Waals surface area contributed by atoms with Gasteiger partial charge in [-0.15, -0.1) is 11.3 Å². The molecule has 94 valence electrons. The van der Waals surface area contributed by atoms with Gasteiger partial charge in [-0.25, -0.2) is 4.98 Å². The minimum atomic E-state index is 0.0864. The van der Waals surface area contributed by atoms with Crippen molar-refractivity contribution in [1.29, 1.82) is 0 Å². The van der Waals surface area contributed by atoms with E-state index in [1.165, 1.54) is 11.3 Å². The van der Waals surface area contributed by atoms with Gasteiger partial charge in [-0.1, -0.05) is 13.8 Å². The molecule has 1 unspecified atom stereocenters. The molecule has 17 heavy (non-hydrogen) atoms. The van der Waals surface area contributed by atoms with E-state index in [9.17, 15) is 4.79 Å². The first kappa shape index (κ1) is 12.5. The molecule has 5 heteroatoms. The van der Waals surface area contributed by atoms with E-state index in [0.29, 0.717) is 18.3 Å². The molecular weight excluding hydrogens is 234 g/mol. The van der Waals surface area contributed by atoms with Crippen LogP contribution in [-0.4, -0.2) is 24.0 Å². The highest BCUT2D eigenvalue weighted by atomic mass is 32.1. The lowest BCUT2D eigenvalue weighted by molar-refractivity contribution is -0.116. The lowest BCUT2D eigenvalue weighted by Gasteiger charge is -2.06. The Bertz CT molecular complexity index is 383. The van der Waals surface area contributed by atoms with Crippen LogP contribution in [0.5, 0.6) is 0 Å². The van der Waals surface area contributed by atoms with Crippen molar-refractivity contribution < 1.29 is 4.79 Å². The molecule has 1 aliphatic rings. The minimum Gasteiger partial charge on any atom is -0.316 e. The molecule has 1 fully saturated rings. The monoisotopic (exact) mass is 253 g/mol. The van der Waals surface area contributed by atoms with Crippen LogP contribution < -0.4 is 10.6 Å². The number of hydrogen-bond acceptors (Lipinski definition) is 4. The van der Waals surface area contributed by atoms with Crippen molar-refractivity contribution in [2.24, 2.45) is 5.92 Å². The Kier molecular flexibility index (Phi) is 4.12. The molecule has 2 rings (SSSR count). The molecule has 0 aliphatic carbocycles. The van der Waals surface area contributed by atoms with Crippen LogP contribution in [0, 0.1) is 5.92 Å². The van der Waals surface area contributed by atoms with Crippen molar-refractivity contribution in [3.05, 3.63) is 11.1 Å². The summed E-state index contributed by atoms with van der Waals surface area (Å²) < 4.78 is 0. The second-order valence-corrected chi connectivity index (χ2v) is 5.70. The molecule has 1 amide bonds. The van der Waals surface area contributed by atoms with Crippen molar-refractivity contribution >= 4 is 22.4 Å². The molecule has 0 radical (unpaired) electrons. The molecule has 4 nitrogen and oxygen atoms in total. The zero-order valence-corrected chi connectivity index (χ0v) is 11.1. The third kappa shape index (κ3) is 3.51. The predicted octanol–water partition coefficient (Wildman–Crippen LogP) is 2.20. The number of anilines is 1. The molecule has 1 aromatic rings. The fourth-order valence-corrected chi connectivity index (χ4v) is 2.82. The average Bonchev–Trinajstić information content (AvgIpc) is 2.88. The van der Waals surface area contributed by atoms with Gasteiger partial charge in [-0.3, -0.25) is 4.79 Å². The Morgan fingerprint density at radius 1 is 1.71 bits per heavy atom. The molecule has 1 aliphatic heterocycles. The molecule has 0 aromatic carbocycles. The number of rotatable bonds is 4. The van der Waals surface area contributed by atoms with Gasteiger partial charge >= 0.3 is 0 Å². The van der Waals surface area contributed by atoms with Gasteiger partial charge in [0.05, 0.1) is 5.69 Å². The zero-order chi connectivity index (χ0) is 12.3. The second-order valence-electron chi connectivity index (χ2n) is 4.84. The maximum atomic E-state index is 11.8. The van der Waals surface area contributed by atoms with Gasteiger partial charge < -0.3 is 10.6 Å². The van der Waals surface area contributed by atoms with E-state index in [-0.39, 0.29) is 5.91 Å². The van der Waals surface area contributed by atoms with Gasteiger partial charge in [0.2, 0.25) is 5.91 Å². The molecule has 1 atom stereocenters. The number of nitrogens with one attached hydrogen (secondary N) is 2. The number of carbonyl (C=O) groups is 1. The van der Waals surface area contributed by atoms with Gasteiger partial charge in [-0.2, -0.15) is 0 Å². The Hall–Kier alpha value is -0.940. The summed E-state index contributed by atoms with van der Waals surface area (Å²) >= 11 is 1.51. The van der Waals surface area contributed by atoms with Crippen molar-refractivity contribution in [3.63, 3.8) is 0 Å². The predicted molar refractivity (Wildman–Crippen MR) is 70.4 cm³/mol. The van der Waals surface area contributed by atoms with Gasteiger partial charge in [0.15, 0.2) is 5.13 Å². The highest BCUT2D eigenvalue weighted by Gasteiger charge is 2.18. The molecule has 0 spiro atoms. The minimum absolute atomic E-state index is 0.0864. The van der Waals surface area contributed by atoms with Crippen molar-refractivity contribution in [2.45, 2.75) is 32.6 Å². The third-order valence-electron chi connectivity index (χ3n) is 3.00. The lowest BCUT2D eigenvalue weighted by atomic mass is 10.1. The van der Waals surface area contributed by atoms with Gasteiger partial charge in [0, 0.05) is 11.8 Å². The first-order valence-electron chi connectivity index (χ1n) is 6.11. The van der Waals surface area contributed by atoms with E-state index in [2.05, 4.69) is 29.5 Å². The average molecular weight is 253 g/mol. The molecule has 1 aromatic heterocycles. The Morgan fingerprint density at radius 2 is 2.53 bits per heavy atom. The van der Waals surface area contributed by atoms with Gasteiger partial charge in [-0.05, 0) is 31.3 Å². The molecular formula is C12H19N3OS. The summed E-state index contributed by atoms with van der Waals surface area (Å²) in [5.74, 6) is 0.985. The number of carbonyl (C=O) groups excluding carboxylic acids is 1. The highest BCUT2D eigenvalue weighted by molar-refractivity contribution is 7.13. The zero-order valence-electron chi connectivity index (χ0n) is 10.3. The summed E-state index contributed by atoms with van der Waals surface area (Å²) in [6.07, 6.45) is 1.70. The van der Waals surface area contributed by atoms with Crippen LogP contribution in [0.15, 0.2) is 5.38 Å². The molecule has 2 N–H and O–H groups in total. The summed E-state index contributed by atoms with van der Waals surface area (Å²) in [7, 11) is 0. The number of nitrogens with zero attached hydrogens (tertiary/aromatic N) is 1. The van der Waals surface area contributed by atoms with Crippen molar-refractivity contribution in [3.8, 4) is 0 Å². The largest absolute Gasteiger partial charge is 0.316 e. The maximum Gasteiger partial charge on any atom is 0.226 e. The number of hydrogen-bond donors (Lipinski definition) is 2. The second kappa shape index (κ2) is 5.60. The van der Waals surface area contributed by atoms with Crippen LogP contribution in [0.4, 0.5) is 5.13 Å². The van der Waals surface area contributed by atoms with Crippen LogP contribution in [0.2, 0.25) is 0 Å². The normalized spacial score (nSPS) is 19.8. The smallest absolute Gasteiger partial charge is 0.226 e. The first-order chi connectivity index (χ1) is 8.15.